The summed E-state index contributed by atoms with van der Waals surface area (Å²) in [6.45, 7) is 0. The molecule has 0 spiro atoms. The fourth-order valence-corrected chi connectivity index (χ4v) is 1.33. The van der Waals surface area contributed by atoms with Crippen LogP contribution in [0.3, 0.4) is 0 Å². The van der Waals surface area contributed by atoms with Gasteiger partial charge in [-0.05, 0) is 48.5 Å². The van der Waals surface area contributed by atoms with Crippen molar-refractivity contribution in [3.8, 4) is 23.6 Å². The fourth-order valence-electron chi connectivity index (χ4n) is 1.33. The van der Waals surface area contributed by atoms with E-state index in [1.165, 1.54) is 0 Å². The number of hydrogen-bond donors (Lipinski definition) is 0. The largest absolute Gasteiger partial charge is 0.497 e. The minimum absolute atomic E-state index is 0.654. The Morgan fingerprint density at radius 3 is 1.15 bits per heavy atom. The maximum atomic E-state index is 8.41. The topological polar surface area (TPSA) is 66.0 Å². The van der Waals surface area contributed by atoms with Gasteiger partial charge in [0.2, 0.25) is 0 Å². The van der Waals surface area contributed by atoms with Gasteiger partial charge in [-0.15, -0.1) is 0 Å². The SMILES string of the molecule is COc1ccc(C#N)cc1.COc1ccc(C#N)cc1. The van der Waals surface area contributed by atoms with E-state index in [-0.39, 0.29) is 0 Å². The number of ether oxygens (including phenoxy) is 2. The standard InChI is InChI=1S/2C8H7NO/c2*1-10-8-4-2-7(6-9)3-5-8/h2*2-5H,1H3. The van der Waals surface area contributed by atoms with Gasteiger partial charge in [-0.2, -0.15) is 10.5 Å². The summed E-state index contributed by atoms with van der Waals surface area (Å²) in [6, 6.07) is 18.0. The summed E-state index contributed by atoms with van der Waals surface area (Å²) in [4.78, 5) is 0. The van der Waals surface area contributed by atoms with E-state index in [1.807, 2.05) is 12.1 Å². The summed E-state index contributed by atoms with van der Waals surface area (Å²) in [7, 11) is 3.20. The van der Waals surface area contributed by atoms with Crippen molar-refractivity contribution in [1.29, 1.82) is 10.5 Å². The first-order valence-corrected chi connectivity index (χ1v) is 5.81. The maximum Gasteiger partial charge on any atom is 0.118 e. The zero-order valence-electron chi connectivity index (χ0n) is 11.3. The molecule has 20 heavy (non-hydrogen) atoms. The second kappa shape index (κ2) is 8.18. The Morgan fingerprint density at radius 1 is 0.650 bits per heavy atom. The van der Waals surface area contributed by atoms with E-state index in [0.29, 0.717) is 11.1 Å². The second-order valence-corrected chi connectivity index (χ2v) is 3.68. The van der Waals surface area contributed by atoms with Gasteiger partial charge >= 0.3 is 0 Å². The summed E-state index contributed by atoms with van der Waals surface area (Å²) < 4.78 is 9.81. The highest BCUT2D eigenvalue weighted by molar-refractivity contribution is 5.35. The van der Waals surface area contributed by atoms with Crippen molar-refractivity contribution in [1.82, 2.24) is 0 Å². The molecule has 0 radical (unpaired) electrons. The van der Waals surface area contributed by atoms with Crippen LogP contribution in [-0.2, 0) is 0 Å². The van der Waals surface area contributed by atoms with Crippen molar-refractivity contribution < 1.29 is 9.47 Å². The Hall–Kier alpha value is -2.98. The molecule has 0 aliphatic carbocycles. The highest BCUT2D eigenvalue weighted by Crippen LogP contribution is 2.10. The van der Waals surface area contributed by atoms with E-state index in [4.69, 9.17) is 20.0 Å². The molecule has 2 aromatic rings. The van der Waals surface area contributed by atoms with Gasteiger partial charge in [0.1, 0.15) is 11.5 Å². The number of benzene rings is 2. The number of nitrogens with zero attached hydrogens (tertiary/aromatic N) is 2. The first-order valence-electron chi connectivity index (χ1n) is 5.81. The molecule has 2 aromatic carbocycles. The summed E-state index contributed by atoms with van der Waals surface area (Å²) in [5.74, 6) is 1.55. The number of nitriles is 2. The third-order valence-electron chi connectivity index (χ3n) is 2.44. The molecule has 100 valence electrons. The first kappa shape index (κ1) is 15.1. The molecule has 0 amide bonds. The normalized spacial score (nSPS) is 8.40. The van der Waals surface area contributed by atoms with Gasteiger partial charge in [-0.25, -0.2) is 0 Å². The van der Waals surface area contributed by atoms with Crippen LogP contribution in [0.5, 0.6) is 11.5 Å². The molecule has 0 atom stereocenters. The van der Waals surface area contributed by atoms with Gasteiger partial charge in [-0.1, -0.05) is 0 Å². The van der Waals surface area contributed by atoms with Crippen LogP contribution in [0.1, 0.15) is 11.1 Å². The van der Waals surface area contributed by atoms with Crippen molar-refractivity contribution in [3.05, 3.63) is 59.7 Å². The molecule has 4 nitrogen and oxygen atoms in total. The van der Waals surface area contributed by atoms with E-state index in [0.717, 1.165) is 11.5 Å². The van der Waals surface area contributed by atoms with Crippen molar-refractivity contribution in [2.24, 2.45) is 0 Å². The molecule has 0 aromatic heterocycles. The molecular weight excluding hydrogens is 252 g/mol. The maximum absolute atomic E-state index is 8.41. The number of hydrogen-bond acceptors (Lipinski definition) is 4. The van der Waals surface area contributed by atoms with Gasteiger partial charge in [0.15, 0.2) is 0 Å². The van der Waals surface area contributed by atoms with E-state index in [1.54, 1.807) is 62.8 Å². The molecule has 0 N–H and O–H groups in total. The lowest BCUT2D eigenvalue weighted by Gasteiger charge is -1.96. The van der Waals surface area contributed by atoms with Crippen LogP contribution < -0.4 is 9.47 Å². The van der Waals surface area contributed by atoms with Crippen molar-refractivity contribution >= 4 is 0 Å². The highest BCUT2D eigenvalue weighted by Gasteiger charge is 1.90. The van der Waals surface area contributed by atoms with E-state index < -0.39 is 0 Å². The summed E-state index contributed by atoms with van der Waals surface area (Å²) in [5.41, 5.74) is 1.31. The highest BCUT2D eigenvalue weighted by atomic mass is 16.5. The Balaban J connectivity index is 0.000000200. The predicted molar refractivity (Wildman–Crippen MR) is 75.4 cm³/mol. The van der Waals surface area contributed by atoms with Crippen LogP contribution in [0.25, 0.3) is 0 Å². The lowest BCUT2D eigenvalue weighted by Crippen LogP contribution is -1.81. The number of methoxy groups -OCH3 is 2. The third kappa shape index (κ3) is 4.72. The van der Waals surface area contributed by atoms with Crippen LogP contribution in [0.15, 0.2) is 48.5 Å². The third-order valence-corrected chi connectivity index (χ3v) is 2.44. The van der Waals surface area contributed by atoms with E-state index in [9.17, 15) is 0 Å². The molecule has 4 heteroatoms. The van der Waals surface area contributed by atoms with E-state index >= 15 is 0 Å². The van der Waals surface area contributed by atoms with Crippen molar-refractivity contribution in [2.75, 3.05) is 14.2 Å². The molecule has 0 unspecified atom stereocenters. The average molecular weight is 266 g/mol. The van der Waals surface area contributed by atoms with Gasteiger partial charge in [-0.3, -0.25) is 0 Å². The Kier molecular flexibility index (Phi) is 6.17. The second-order valence-electron chi connectivity index (χ2n) is 3.68. The van der Waals surface area contributed by atoms with Crippen LogP contribution in [0.2, 0.25) is 0 Å². The summed E-state index contributed by atoms with van der Waals surface area (Å²) in [5, 5.41) is 16.8. The van der Waals surface area contributed by atoms with Gasteiger partial charge in [0, 0.05) is 0 Å². The van der Waals surface area contributed by atoms with Gasteiger partial charge in [0.05, 0.1) is 37.5 Å². The molecule has 2 rings (SSSR count). The molecule has 0 heterocycles. The fraction of sp³-hybridized carbons (Fsp3) is 0.125. The van der Waals surface area contributed by atoms with Gasteiger partial charge < -0.3 is 9.47 Å². The monoisotopic (exact) mass is 266 g/mol. The smallest absolute Gasteiger partial charge is 0.118 e. The van der Waals surface area contributed by atoms with Crippen LogP contribution in [0.4, 0.5) is 0 Å². The molecule has 0 aliphatic heterocycles. The predicted octanol–water partition coefficient (Wildman–Crippen LogP) is 3.13. The summed E-state index contributed by atoms with van der Waals surface area (Å²) in [6.07, 6.45) is 0. The molecule has 0 aliphatic rings. The lowest BCUT2D eigenvalue weighted by molar-refractivity contribution is 0.414. The first-order chi connectivity index (χ1) is 9.73. The summed E-state index contributed by atoms with van der Waals surface area (Å²) >= 11 is 0. The van der Waals surface area contributed by atoms with Crippen LogP contribution >= 0.6 is 0 Å². The van der Waals surface area contributed by atoms with Gasteiger partial charge in [0.25, 0.3) is 0 Å². The molecule has 0 fully saturated rings. The molecule has 0 saturated heterocycles. The zero-order valence-corrected chi connectivity index (χ0v) is 11.3. The Morgan fingerprint density at radius 2 is 0.950 bits per heavy atom. The molecule has 0 bridgehead atoms. The minimum Gasteiger partial charge on any atom is -0.497 e. The molecule has 0 saturated carbocycles. The van der Waals surface area contributed by atoms with Crippen molar-refractivity contribution in [2.45, 2.75) is 0 Å². The molecular formula is C16H14N2O2. The lowest BCUT2D eigenvalue weighted by atomic mass is 10.2. The average Bonchev–Trinajstić information content (AvgIpc) is 2.55. The van der Waals surface area contributed by atoms with Crippen LogP contribution in [0, 0.1) is 22.7 Å². The Labute approximate surface area is 118 Å². The van der Waals surface area contributed by atoms with E-state index in [2.05, 4.69) is 0 Å². The number of rotatable bonds is 2. The van der Waals surface area contributed by atoms with Crippen LogP contribution in [-0.4, -0.2) is 14.2 Å². The van der Waals surface area contributed by atoms with Crippen molar-refractivity contribution in [3.63, 3.8) is 0 Å². The minimum atomic E-state index is 0.654. The Bertz CT molecular complexity index is 547. The quantitative estimate of drug-likeness (QED) is 0.837. The zero-order chi connectivity index (χ0) is 14.8.